The third-order valence-electron chi connectivity index (χ3n) is 11.2. The third kappa shape index (κ3) is 5.74. The molecule has 8 rings (SSSR count). The van der Waals surface area contributed by atoms with Crippen molar-refractivity contribution in [2.45, 2.75) is 52.4 Å². The van der Waals surface area contributed by atoms with Crippen LogP contribution in [0, 0.1) is 0 Å². The maximum atomic E-state index is 4.17. The molecule has 1 heterocycles. The molecule has 0 aliphatic heterocycles. The molecule has 2 aliphatic rings. The van der Waals surface area contributed by atoms with Crippen LogP contribution < -0.4 is 5.32 Å². The number of allylic oxidation sites excluding steroid dienone is 6. The Bertz CT molecular complexity index is 2490. The number of nitrogens with one attached hydrogen (secondary N) is 1. The molecule has 0 atom stereocenters. The van der Waals surface area contributed by atoms with Crippen LogP contribution in [0.1, 0.15) is 80.6 Å². The van der Waals surface area contributed by atoms with Crippen LogP contribution in [0.5, 0.6) is 0 Å². The second-order valence-electron chi connectivity index (χ2n) is 15.0. The lowest BCUT2D eigenvalue weighted by Gasteiger charge is -2.26. The average molecular weight is 691 g/mol. The van der Waals surface area contributed by atoms with Crippen LogP contribution in [0.15, 0.2) is 147 Å². The molecule has 0 radical (unpaired) electrons. The monoisotopic (exact) mass is 690 g/mol. The van der Waals surface area contributed by atoms with Crippen LogP contribution in [-0.4, -0.2) is 11.6 Å². The van der Waals surface area contributed by atoms with Gasteiger partial charge in [-0.05, 0) is 94.3 Å². The van der Waals surface area contributed by atoms with E-state index in [9.17, 15) is 0 Å². The largest absolute Gasteiger partial charge is 0.388 e. The Labute approximate surface area is 316 Å². The topological polar surface area (TPSA) is 17.0 Å². The fourth-order valence-corrected chi connectivity index (χ4v) is 8.70. The molecule has 0 saturated heterocycles. The summed E-state index contributed by atoms with van der Waals surface area (Å²) in [6.45, 7) is 21.8. The second-order valence-corrected chi connectivity index (χ2v) is 15.0. The van der Waals surface area contributed by atoms with Crippen LogP contribution >= 0.6 is 0 Å². The molecule has 0 amide bonds. The van der Waals surface area contributed by atoms with Gasteiger partial charge in [-0.1, -0.05) is 156 Å². The van der Waals surface area contributed by atoms with E-state index in [4.69, 9.17) is 0 Å². The van der Waals surface area contributed by atoms with Crippen LogP contribution in [-0.2, 0) is 10.8 Å². The smallest absolute Gasteiger partial charge is 0.0541 e. The molecule has 0 spiro atoms. The van der Waals surface area contributed by atoms with Crippen LogP contribution in [0.3, 0.4) is 0 Å². The Hall–Kier alpha value is -5.86. The van der Waals surface area contributed by atoms with Gasteiger partial charge in [0.15, 0.2) is 0 Å². The highest BCUT2D eigenvalue weighted by Crippen LogP contribution is 2.59. The zero-order valence-corrected chi connectivity index (χ0v) is 32.2. The lowest BCUT2D eigenvalue weighted by molar-refractivity contribution is 0.647. The first kappa shape index (κ1) is 35.5. The van der Waals surface area contributed by atoms with Crippen molar-refractivity contribution in [3.63, 3.8) is 0 Å². The zero-order chi connectivity index (χ0) is 37.5. The van der Waals surface area contributed by atoms with Crippen LogP contribution in [0.2, 0.25) is 0 Å². The molecule has 0 unspecified atom stereocenters. The SMILES string of the molecule is C=C(/C=C\C=C/C)c1ccccc1NC.C=Cc1c(/C=C\C)n(-c2ccc3c(c2)-c2c(ccc4c2C(C)(C)c2ccccc2-4)C3(C)C)c2ccccc12. The van der Waals surface area contributed by atoms with Crippen molar-refractivity contribution < 1.29 is 0 Å². The maximum Gasteiger partial charge on any atom is 0.0541 e. The summed E-state index contributed by atoms with van der Waals surface area (Å²) in [7, 11) is 1.92. The van der Waals surface area contributed by atoms with Crippen LogP contribution in [0.25, 0.3) is 56.6 Å². The summed E-state index contributed by atoms with van der Waals surface area (Å²) >= 11 is 0. The van der Waals surface area contributed by atoms with Crippen LogP contribution in [0.4, 0.5) is 5.69 Å². The first-order chi connectivity index (χ1) is 25.6. The third-order valence-corrected chi connectivity index (χ3v) is 11.2. The van der Waals surface area contributed by atoms with Gasteiger partial charge in [0.05, 0.1) is 11.2 Å². The van der Waals surface area contributed by atoms with Crippen molar-refractivity contribution in [2.75, 3.05) is 12.4 Å². The Morgan fingerprint density at radius 2 is 1.40 bits per heavy atom. The summed E-state index contributed by atoms with van der Waals surface area (Å²) in [5.74, 6) is 0. The molecule has 0 bridgehead atoms. The van der Waals surface area contributed by atoms with Crippen molar-refractivity contribution in [3.05, 3.63) is 186 Å². The summed E-state index contributed by atoms with van der Waals surface area (Å²) < 4.78 is 2.40. The summed E-state index contributed by atoms with van der Waals surface area (Å²) in [4.78, 5) is 0. The van der Waals surface area contributed by atoms with E-state index in [-0.39, 0.29) is 10.8 Å². The normalized spacial score (nSPS) is 14.5. The molecule has 6 aromatic rings. The summed E-state index contributed by atoms with van der Waals surface area (Å²) in [5, 5.41) is 4.38. The maximum absolute atomic E-state index is 4.17. The van der Waals surface area contributed by atoms with E-state index in [0.29, 0.717) is 0 Å². The summed E-state index contributed by atoms with van der Waals surface area (Å²) in [5.41, 5.74) is 19.2. The van der Waals surface area contributed by atoms with E-state index in [1.165, 1.54) is 72.4 Å². The molecular weight excluding hydrogens is 641 g/mol. The standard InChI is InChI=1S/C37H33N.C14H17N/c1-7-13-32-24(8-2)26-15-10-12-17-33(26)38(32)23-18-20-30-28(22-23)34-31(36(30,3)4)21-19-27-25-14-9-11-16-29(25)37(5,6)35(27)34;1-4-5-6-9-12(2)13-10-7-8-11-14(13)15-3/h7-22H,2H2,1,3-6H3;4-11,15H,2H2,1,3H3/b13-7-;5-4-,9-6-. The molecule has 2 aliphatic carbocycles. The van der Waals surface area contributed by atoms with Gasteiger partial charge < -0.3 is 9.88 Å². The molecule has 2 nitrogen and oxygen atoms in total. The quantitative estimate of drug-likeness (QED) is 0.165. The number of nitrogens with zero attached hydrogens (tertiary/aromatic N) is 1. The van der Waals surface area contributed by atoms with E-state index < -0.39 is 0 Å². The van der Waals surface area contributed by atoms with E-state index in [1.807, 2.05) is 62.6 Å². The average Bonchev–Trinajstić information content (AvgIpc) is 3.71. The van der Waals surface area contributed by atoms with Gasteiger partial charge in [0, 0.05) is 45.8 Å². The van der Waals surface area contributed by atoms with Crippen molar-refractivity contribution in [1.82, 2.24) is 4.57 Å². The second kappa shape index (κ2) is 13.9. The molecular formula is C51H50N2. The van der Waals surface area contributed by atoms with Crippen molar-refractivity contribution >= 4 is 34.3 Å². The predicted molar refractivity (Wildman–Crippen MR) is 232 cm³/mol. The number of hydrogen-bond donors (Lipinski definition) is 1. The van der Waals surface area contributed by atoms with Crippen molar-refractivity contribution in [3.8, 4) is 27.9 Å². The number of rotatable bonds is 7. The Balaban J connectivity index is 0.000000245. The molecule has 2 heteroatoms. The van der Waals surface area contributed by atoms with Gasteiger partial charge in [-0.15, -0.1) is 0 Å². The van der Waals surface area contributed by atoms with E-state index in [2.05, 4.69) is 155 Å². The fraction of sp³-hybridized carbons (Fsp3) is 0.176. The number of hydrogen-bond acceptors (Lipinski definition) is 1. The number of aromatic nitrogens is 1. The Morgan fingerprint density at radius 3 is 2.15 bits per heavy atom. The fourth-order valence-electron chi connectivity index (χ4n) is 8.70. The first-order valence-corrected chi connectivity index (χ1v) is 18.7. The minimum atomic E-state index is -0.0583. The van der Waals surface area contributed by atoms with E-state index in [0.717, 1.165) is 16.8 Å². The Kier molecular flexibility index (Phi) is 9.34. The zero-order valence-electron chi connectivity index (χ0n) is 32.2. The highest BCUT2D eigenvalue weighted by molar-refractivity contribution is 5.97. The molecule has 0 fully saturated rings. The van der Waals surface area contributed by atoms with Gasteiger partial charge in [0.1, 0.15) is 0 Å². The number of para-hydroxylation sites is 2. The van der Waals surface area contributed by atoms with Crippen molar-refractivity contribution in [2.24, 2.45) is 0 Å². The summed E-state index contributed by atoms with van der Waals surface area (Å²) in [6.07, 6.45) is 14.3. The molecule has 264 valence electrons. The van der Waals surface area contributed by atoms with Crippen molar-refractivity contribution in [1.29, 1.82) is 0 Å². The summed E-state index contributed by atoms with van der Waals surface area (Å²) in [6, 6.07) is 37.6. The minimum Gasteiger partial charge on any atom is -0.388 e. The molecule has 0 saturated carbocycles. The van der Waals surface area contributed by atoms with Gasteiger partial charge in [0.2, 0.25) is 0 Å². The molecule has 1 aromatic heterocycles. The molecule has 5 aromatic carbocycles. The minimum absolute atomic E-state index is 0.0553. The van der Waals surface area contributed by atoms with Gasteiger partial charge in [-0.3, -0.25) is 0 Å². The highest BCUT2D eigenvalue weighted by Gasteiger charge is 2.44. The Morgan fingerprint density at radius 1 is 0.698 bits per heavy atom. The lowest BCUT2D eigenvalue weighted by atomic mass is 9.77. The van der Waals surface area contributed by atoms with Gasteiger partial charge in [0.25, 0.3) is 0 Å². The predicted octanol–water partition coefficient (Wildman–Crippen LogP) is 13.8. The van der Waals surface area contributed by atoms with Gasteiger partial charge >= 0.3 is 0 Å². The van der Waals surface area contributed by atoms with Gasteiger partial charge in [-0.25, -0.2) is 0 Å². The highest BCUT2D eigenvalue weighted by atomic mass is 15.0. The lowest BCUT2D eigenvalue weighted by Crippen LogP contribution is -2.18. The number of anilines is 1. The first-order valence-electron chi connectivity index (χ1n) is 18.7. The number of benzene rings is 5. The molecule has 1 N–H and O–H groups in total. The van der Waals surface area contributed by atoms with Gasteiger partial charge in [-0.2, -0.15) is 0 Å². The van der Waals surface area contributed by atoms with E-state index >= 15 is 0 Å². The number of fused-ring (bicyclic) bond motifs is 8. The molecule has 53 heavy (non-hydrogen) atoms. The van der Waals surface area contributed by atoms with E-state index in [1.54, 1.807) is 0 Å².